The van der Waals surface area contributed by atoms with Crippen molar-refractivity contribution < 1.29 is 17.9 Å². The number of piperidine rings is 1. The van der Waals surface area contributed by atoms with Gasteiger partial charge in [0.25, 0.3) is 0 Å². The number of ether oxygens (including phenoxy) is 1. The lowest BCUT2D eigenvalue weighted by atomic mass is 9.97. The van der Waals surface area contributed by atoms with Crippen molar-refractivity contribution in [3.8, 4) is 5.88 Å². The number of anilines is 1. The van der Waals surface area contributed by atoms with Crippen molar-refractivity contribution in [3.05, 3.63) is 42.1 Å². The van der Waals surface area contributed by atoms with Crippen LogP contribution in [0.1, 0.15) is 24.2 Å². The van der Waals surface area contributed by atoms with E-state index in [9.17, 15) is 13.2 Å². The molecule has 3 rings (SSSR count). The van der Waals surface area contributed by atoms with Gasteiger partial charge in [-0.3, -0.25) is 4.98 Å². The number of halogens is 3. The summed E-state index contributed by atoms with van der Waals surface area (Å²) in [6, 6.07) is 2.51. The summed E-state index contributed by atoms with van der Waals surface area (Å²) in [6.45, 7) is 3.95. The summed E-state index contributed by atoms with van der Waals surface area (Å²) in [5.74, 6) is 0.942. The molecule has 0 atom stereocenters. The highest BCUT2D eigenvalue weighted by atomic mass is 19.4. The fourth-order valence-electron chi connectivity index (χ4n) is 2.83. The van der Waals surface area contributed by atoms with Crippen LogP contribution in [0.3, 0.4) is 0 Å². The van der Waals surface area contributed by atoms with Gasteiger partial charge in [0.15, 0.2) is 0 Å². The molecule has 1 saturated heterocycles. The highest BCUT2D eigenvalue weighted by molar-refractivity contribution is 5.45. The second-order valence-electron chi connectivity index (χ2n) is 6.09. The molecular weight excluding hydrogens is 333 g/mol. The topological polar surface area (TPSA) is 51.1 Å². The van der Waals surface area contributed by atoms with Crippen molar-refractivity contribution in [3.63, 3.8) is 0 Å². The van der Waals surface area contributed by atoms with E-state index in [2.05, 4.69) is 19.9 Å². The average Bonchev–Trinajstić information content (AvgIpc) is 2.61. The highest BCUT2D eigenvalue weighted by Crippen LogP contribution is 2.29. The van der Waals surface area contributed by atoms with Crippen LogP contribution in [0.25, 0.3) is 0 Å². The van der Waals surface area contributed by atoms with Crippen LogP contribution in [0.15, 0.2) is 30.7 Å². The number of rotatable bonds is 4. The minimum absolute atomic E-state index is 0.389. The molecule has 8 heteroatoms. The molecular formula is C17H19F3N4O. The Morgan fingerprint density at radius 1 is 1.12 bits per heavy atom. The van der Waals surface area contributed by atoms with Gasteiger partial charge in [0.05, 0.1) is 24.2 Å². The Labute approximate surface area is 143 Å². The van der Waals surface area contributed by atoms with Gasteiger partial charge in [-0.2, -0.15) is 13.2 Å². The zero-order valence-electron chi connectivity index (χ0n) is 13.8. The fourth-order valence-corrected chi connectivity index (χ4v) is 2.83. The largest absolute Gasteiger partial charge is 0.476 e. The predicted molar refractivity (Wildman–Crippen MR) is 86.4 cm³/mol. The first kappa shape index (κ1) is 17.4. The number of nitrogens with zero attached hydrogens (tertiary/aromatic N) is 4. The van der Waals surface area contributed by atoms with E-state index in [1.807, 2.05) is 6.92 Å². The van der Waals surface area contributed by atoms with Crippen molar-refractivity contribution >= 4 is 5.69 Å². The summed E-state index contributed by atoms with van der Waals surface area (Å²) in [6.07, 6.45) is 1.92. The number of aromatic nitrogens is 3. The molecule has 134 valence electrons. The smallest absolute Gasteiger partial charge is 0.433 e. The minimum Gasteiger partial charge on any atom is -0.476 e. The van der Waals surface area contributed by atoms with Crippen LogP contribution >= 0.6 is 0 Å². The highest BCUT2D eigenvalue weighted by Gasteiger charge is 2.32. The number of alkyl halides is 3. The summed E-state index contributed by atoms with van der Waals surface area (Å²) in [5.41, 5.74) is 0.617. The number of hydrogen-bond donors (Lipinski definition) is 0. The Hall–Kier alpha value is -2.38. The number of aryl methyl sites for hydroxylation is 1. The lowest BCUT2D eigenvalue weighted by molar-refractivity contribution is -0.141. The average molecular weight is 352 g/mol. The third kappa shape index (κ3) is 4.37. The van der Waals surface area contributed by atoms with Crippen molar-refractivity contribution in [1.82, 2.24) is 15.0 Å². The van der Waals surface area contributed by atoms with Crippen molar-refractivity contribution in [2.75, 3.05) is 24.6 Å². The van der Waals surface area contributed by atoms with Gasteiger partial charge >= 0.3 is 6.18 Å². The lowest BCUT2D eigenvalue weighted by Crippen LogP contribution is -2.35. The molecule has 25 heavy (non-hydrogen) atoms. The molecule has 0 radical (unpaired) electrons. The Morgan fingerprint density at radius 3 is 2.44 bits per heavy atom. The molecule has 0 spiro atoms. The molecule has 0 aromatic carbocycles. The maximum Gasteiger partial charge on any atom is 0.433 e. The standard InChI is InChI=1S/C17H19F3N4O/c1-12-16(22-7-6-21-12)25-11-13-4-8-24(9-5-13)14-2-3-15(23-10-14)17(18,19)20/h2-3,6-7,10,13H,4-5,8-9,11H2,1H3. The van der Waals surface area contributed by atoms with Gasteiger partial charge in [0.1, 0.15) is 5.69 Å². The summed E-state index contributed by atoms with van der Waals surface area (Å²) in [4.78, 5) is 13.9. The maximum atomic E-state index is 12.6. The van der Waals surface area contributed by atoms with E-state index in [4.69, 9.17) is 4.74 Å². The van der Waals surface area contributed by atoms with Crippen molar-refractivity contribution in [1.29, 1.82) is 0 Å². The van der Waals surface area contributed by atoms with Gasteiger partial charge in [0.2, 0.25) is 5.88 Å². The third-order valence-electron chi connectivity index (χ3n) is 4.31. The molecule has 0 unspecified atom stereocenters. The molecule has 1 fully saturated rings. The van der Waals surface area contributed by atoms with Gasteiger partial charge < -0.3 is 9.64 Å². The second kappa shape index (κ2) is 7.25. The Morgan fingerprint density at radius 2 is 1.84 bits per heavy atom. The number of hydrogen-bond acceptors (Lipinski definition) is 5. The first-order chi connectivity index (χ1) is 11.9. The molecule has 1 aliphatic rings. The number of pyridine rings is 1. The molecule has 0 N–H and O–H groups in total. The van der Waals surface area contributed by atoms with Crippen molar-refractivity contribution in [2.45, 2.75) is 25.9 Å². The SMILES string of the molecule is Cc1nccnc1OCC1CCN(c2ccc(C(F)(F)F)nc2)CC1. The van der Waals surface area contributed by atoms with Crippen molar-refractivity contribution in [2.24, 2.45) is 5.92 Å². The molecule has 1 aliphatic heterocycles. The summed E-state index contributed by atoms with van der Waals surface area (Å²) in [7, 11) is 0. The molecule has 0 amide bonds. The lowest BCUT2D eigenvalue weighted by Gasteiger charge is -2.33. The van der Waals surface area contributed by atoms with E-state index in [1.54, 1.807) is 12.4 Å². The van der Waals surface area contributed by atoms with Crippen LogP contribution in [0.5, 0.6) is 5.88 Å². The first-order valence-electron chi connectivity index (χ1n) is 8.12. The predicted octanol–water partition coefficient (Wildman–Crippen LogP) is 3.49. The molecule has 0 bridgehead atoms. The normalized spacial score (nSPS) is 16.1. The Kier molecular flexibility index (Phi) is 5.06. The first-order valence-corrected chi connectivity index (χ1v) is 8.12. The summed E-state index contributed by atoms with van der Waals surface area (Å²) < 4.78 is 43.4. The van der Waals surface area contributed by atoms with Gasteiger partial charge in [0, 0.05) is 25.5 Å². The van der Waals surface area contributed by atoms with Crippen LogP contribution in [-0.4, -0.2) is 34.6 Å². The molecule has 3 heterocycles. The van der Waals surface area contributed by atoms with Crippen LogP contribution in [0.4, 0.5) is 18.9 Å². The zero-order chi connectivity index (χ0) is 17.9. The van der Waals surface area contributed by atoms with Crippen LogP contribution in [0.2, 0.25) is 0 Å². The molecule has 5 nitrogen and oxygen atoms in total. The van der Waals surface area contributed by atoms with Gasteiger partial charge in [-0.25, -0.2) is 9.97 Å². The van der Waals surface area contributed by atoms with Gasteiger partial charge in [-0.15, -0.1) is 0 Å². The Bertz CT molecular complexity index is 698. The summed E-state index contributed by atoms with van der Waals surface area (Å²) >= 11 is 0. The summed E-state index contributed by atoms with van der Waals surface area (Å²) in [5, 5.41) is 0. The molecule has 0 saturated carbocycles. The van der Waals surface area contributed by atoms with E-state index < -0.39 is 11.9 Å². The van der Waals surface area contributed by atoms with E-state index in [-0.39, 0.29) is 0 Å². The molecule has 2 aromatic rings. The zero-order valence-corrected chi connectivity index (χ0v) is 13.8. The third-order valence-corrected chi connectivity index (χ3v) is 4.31. The van der Waals surface area contributed by atoms with E-state index in [1.165, 1.54) is 12.3 Å². The fraction of sp³-hybridized carbons (Fsp3) is 0.471. The quantitative estimate of drug-likeness (QED) is 0.843. The van der Waals surface area contributed by atoms with E-state index in [0.717, 1.165) is 43.4 Å². The van der Waals surface area contributed by atoms with Crippen LogP contribution in [-0.2, 0) is 6.18 Å². The van der Waals surface area contributed by atoms with Crippen LogP contribution < -0.4 is 9.64 Å². The second-order valence-corrected chi connectivity index (χ2v) is 6.09. The van der Waals surface area contributed by atoms with E-state index in [0.29, 0.717) is 18.4 Å². The minimum atomic E-state index is -4.40. The van der Waals surface area contributed by atoms with Gasteiger partial charge in [-0.1, -0.05) is 0 Å². The maximum absolute atomic E-state index is 12.6. The Balaban J connectivity index is 1.51. The molecule has 0 aliphatic carbocycles. The van der Waals surface area contributed by atoms with E-state index >= 15 is 0 Å². The monoisotopic (exact) mass is 352 g/mol. The molecule has 2 aromatic heterocycles. The van der Waals surface area contributed by atoms with Crippen LogP contribution in [0, 0.1) is 12.8 Å². The van der Waals surface area contributed by atoms with Gasteiger partial charge in [-0.05, 0) is 37.8 Å².